The van der Waals surface area contributed by atoms with Crippen LogP contribution in [-0.4, -0.2) is 52.1 Å². The average molecular weight is 358 g/mol. The van der Waals surface area contributed by atoms with Gasteiger partial charge in [-0.2, -0.15) is 5.10 Å². The minimum Gasteiger partial charge on any atom is -0.374 e. The van der Waals surface area contributed by atoms with Gasteiger partial charge in [-0.25, -0.2) is 14.6 Å². The van der Waals surface area contributed by atoms with Gasteiger partial charge in [0.05, 0.1) is 24.6 Å². The maximum absolute atomic E-state index is 11.8. The van der Waals surface area contributed by atoms with Crippen molar-refractivity contribution in [2.75, 3.05) is 36.5 Å². The summed E-state index contributed by atoms with van der Waals surface area (Å²) in [6, 6.07) is 3.59. The van der Waals surface area contributed by atoms with Gasteiger partial charge in [0.2, 0.25) is 0 Å². The molecule has 3 rings (SSSR count). The SMILES string of the molecule is CCc1nc(C)cc(NCC[C@H]2CN(c3cnn(C)c(=O)c3)CCO2)n1. The molecule has 0 aliphatic carbocycles. The first-order chi connectivity index (χ1) is 12.5. The lowest BCUT2D eigenvalue weighted by molar-refractivity contribution is 0.0374. The van der Waals surface area contributed by atoms with Gasteiger partial charge in [-0.15, -0.1) is 0 Å². The standard InChI is InChI=1S/C18H26N6O2/c1-4-16-21-13(2)9-17(22-16)19-6-5-15-12-24(7-8-26-15)14-10-18(25)23(3)20-11-14/h9-11,15H,4-8,12H2,1-3H3,(H,19,21,22)/t15-/m0/s1. The molecule has 3 heterocycles. The van der Waals surface area contributed by atoms with Crippen molar-refractivity contribution in [1.29, 1.82) is 0 Å². The summed E-state index contributed by atoms with van der Waals surface area (Å²) in [5.74, 6) is 1.71. The molecule has 26 heavy (non-hydrogen) atoms. The molecule has 0 amide bonds. The van der Waals surface area contributed by atoms with Gasteiger partial charge in [-0.3, -0.25) is 4.79 Å². The summed E-state index contributed by atoms with van der Waals surface area (Å²) in [6.45, 7) is 6.96. The predicted molar refractivity (Wildman–Crippen MR) is 101 cm³/mol. The molecule has 0 aromatic carbocycles. The van der Waals surface area contributed by atoms with Crippen molar-refractivity contribution >= 4 is 11.5 Å². The van der Waals surface area contributed by atoms with E-state index in [-0.39, 0.29) is 11.7 Å². The van der Waals surface area contributed by atoms with E-state index < -0.39 is 0 Å². The predicted octanol–water partition coefficient (Wildman–Crippen LogP) is 1.15. The second-order valence-corrected chi connectivity index (χ2v) is 6.49. The highest BCUT2D eigenvalue weighted by Crippen LogP contribution is 2.16. The molecule has 8 nitrogen and oxygen atoms in total. The monoisotopic (exact) mass is 358 g/mol. The summed E-state index contributed by atoms with van der Waals surface area (Å²) in [5, 5.41) is 7.46. The number of aryl methyl sites for hydroxylation is 3. The van der Waals surface area contributed by atoms with Gasteiger partial charge in [0.25, 0.3) is 5.56 Å². The van der Waals surface area contributed by atoms with Gasteiger partial charge in [-0.05, 0) is 13.3 Å². The Bertz CT molecular complexity index is 807. The Labute approximate surface area is 153 Å². The Kier molecular flexibility index (Phi) is 5.82. The fourth-order valence-electron chi connectivity index (χ4n) is 3.00. The van der Waals surface area contributed by atoms with Crippen molar-refractivity contribution in [3.63, 3.8) is 0 Å². The maximum Gasteiger partial charge on any atom is 0.268 e. The number of nitrogens with zero attached hydrogens (tertiary/aromatic N) is 5. The molecule has 1 N–H and O–H groups in total. The molecule has 0 unspecified atom stereocenters. The molecule has 140 valence electrons. The van der Waals surface area contributed by atoms with Crippen LogP contribution < -0.4 is 15.8 Å². The Balaban J connectivity index is 1.54. The quantitative estimate of drug-likeness (QED) is 0.829. The smallest absolute Gasteiger partial charge is 0.268 e. The molecule has 1 saturated heterocycles. The molecule has 1 fully saturated rings. The molecular formula is C18H26N6O2. The van der Waals surface area contributed by atoms with Crippen LogP contribution in [-0.2, 0) is 18.2 Å². The van der Waals surface area contributed by atoms with E-state index in [0.29, 0.717) is 6.61 Å². The molecule has 8 heteroatoms. The Hall–Kier alpha value is -2.48. The number of nitrogens with one attached hydrogen (secondary N) is 1. The van der Waals surface area contributed by atoms with Crippen LogP contribution in [0.5, 0.6) is 0 Å². The topological polar surface area (TPSA) is 85.2 Å². The minimum absolute atomic E-state index is 0.0990. The maximum atomic E-state index is 11.8. The van der Waals surface area contributed by atoms with Crippen LogP contribution in [0.15, 0.2) is 23.1 Å². The van der Waals surface area contributed by atoms with Crippen LogP contribution in [0, 0.1) is 6.92 Å². The van der Waals surface area contributed by atoms with Crippen LogP contribution >= 0.6 is 0 Å². The van der Waals surface area contributed by atoms with Crippen LogP contribution in [0.25, 0.3) is 0 Å². The van der Waals surface area contributed by atoms with E-state index in [0.717, 1.165) is 55.5 Å². The molecule has 2 aromatic rings. The van der Waals surface area contributed by atoms with E-state index in [1.165, 1.54) is 4.68 Å². The van der Waals surface area contributed by atoms with E-state index in [1.54, 1.807) is 19.3 Å². The second-order valence-electron chi connectivity index (χ2n) is 6.49. The number of ether oxygens (including phenoxy) is 1. The van der Waals surface area contributed by atoms with Crippen molar-refractivity contribution < 1.29 is 4.74 Å². The number of rotatable bonds is 6. The average Bonchev–Trinajstić information content (AvgIpc) is 2.64. The zero-order valence-electron chi connectivity index (χ0n) is 15.6. The fourth-order valence-corrected chi connectivity index (χ4v) is 3.00. The zero-order valence-corrected chi connectivity index (χ0v) is 15.6. The highest BCUT2D eigenvalue weighted by atomic mass is 16.5. The summed E-state index contributed by atoms with van der Waals surface area (Å²) in [4.78, 5) is 22.8. The lowest BCUT2D eigenvalue weighted by Crippen LogP contribution is -2.43. The van der Waals surface area contributed by atoms with Gasteiger partial charge in [0.15, 0.2) is 0 Å². The molecule has 0 saturated carbocycles. The molecule has 0 spiro atoms. The van der Waals surface area contributed by atoms with Crippen LogP contribution in [0.4, 0.5) is 11.5 Å². The fraction of sp³-hybridized carbons (Fsp3) is 0.556. The summed E-state index contributed by atoms with van der Waals surface area (Å²) >= 11 is 0. The first-order valence-electron chi connectivity index (χ1n) is 9.03. The lowest BCUT2D eigenvalue weighted by atomic mass is 10.2. The number of anilines is 2. The van der Waals surface area contributed by atoms with Crippen LogP contribution in [0.1, 0.15) is 24.9 Å². The molecular weight excluding hydrogens is 332 g/mol. The third kappa shape index (κ3) is 4.57. The summed E-state index contributed by atoms with van der Waals surface area (Å²) in [7, 11) is 1.65. The summed E-state index contributed by atoms with van der Waals surface area (Å²) in [5.41, 5.74) is 1.73. The highest BCUT2D eigenvalue weighted by Gasteiger charge is 2.21. The Morgan fingerprint density at radius 3 is 2.96 bits per heavy atom. The molecule has 0 radical (unpaired) electrons. The summed E-state index contributed by atoms with van der Waals surface area (Å²) in [6.07, 6.45) is 3.52. The van der Waals surface area contributed by atoms with Crippen molar-refractivity contribution in [1.82, 2.24) is 19.7 Å². The second kappa shape index (κ2) is 8.27. The van der Waals surface area contributed by atoms with Gasteiger partial charge in [-0.1, -0.05) is 6.92 Å². The molecule has 0 bridgehead atoms. The third-order valence-corrected chi connectivity index (χ3v) is 4.45. The Morgan fingerprint density at radius 1 is 1.35 bits per heavy atom. The van der Waals surface area contributed by atoms with Gasteiger partial charge in [0, 0.05) is 50.9 Å². The Morgan fingerprint density at radius 2 is 2.19 bits per heavy atom. The van der Waals surface area contributed by atoms with Gasteiger partial charge in [0.1, 0.15) is 11.6 Å². The zero-order chi connectivity index (χ0) is 18.5. The molecule has 1 aliphatic rings. The van der Waals surface area contributed by atoms with Gasteiger partial charge < -0.3 is 15.0 Å². The van der Waals surface area contributed by atoms with Crippen molar-refractivity contribution in [3.05, 3.63) is 40.2 Å². The number of morpholine rings is 1. The molecule has 1 atom stereocenters. The first kappa shape index (κ1) is 18.3. The van der Waals surface area contributed by atoms with Crippen LogP contribution in [0.3, 0.4) is 0 Å². The molecule has 1 aliphatic heterocycles. The normalized spacial score (nSPS) is 17.3. The van der Waals surface area contributed by atoms with Gasteiger partial charge >= 0.3 is 0 Å². The van der Waals surface area contributed by atoms with E-state index >= 15 is 0 Å². The van der Waals surface area contributed by atoms with Crippen LogP contribution in [0.2, 0.25) is 0 Å². The number of aromatic nitrogens is 4. The number of hydrogen-bond acceptors (Lipinski definition) is 7. The molecule has 2 aromatic heterocycles. The first-order valence-corrected chi connectivity index (χ1v) is 9.03. The van der Waals surface area contributed by atoms with E-state index in [4.69, 9.17) is 4.74 Å². The minimum atomic E-state index is -0.0990. The lowest BCUT2D eigenvalue weighted by Gasteiger charge is -2.34. The number of hydrogen-bond donors (Lipinski definition) is 1. The largest absolute Gasteiger partial charge is 0.374 e. The van der Waals surface area contributed by atoms with Crippen molar-refractivity contribution in [2.24, 2.45) is 7.05 Å². The van der Waals surface area contributed by atoms with E-state index in [1.807, 2.05) is 13.0 Å². The van der Waals surface area contributed by atoms with E-state index in [9.17, 15) is 4.79 Å². The third-order valence-electron chi connectivity index (χ3n) is 4.45. The van der Waals surface area contributed by atoms with E-state index in [2.05, 4.69) is 32.2 Å². The summed E-state index contributed by atoms with van der Waals surface area (Å²) < 4.78 is 7.21. The highest BCUT2D eigenvalue weighted by molar-refractivity contribution is 5.43. The van der Waals surface area contributed by atoms with Crippen molar-refractivity contribution in [2.45, 2.75) is 32.8 Å². The van der Waals surface area contributed by atoms with Crippen molar-refractivity contribution in [3.8, 4) is 0 Å².